The number of amides is 2. The fourth-order valence-electron chi connectivity index (χ4n) is 4.78. The van der Waals surface area contributed by atoms with Crippen LogP contribution in [0.1, 0.15) is 43.5 Å². The number of benzene rings is 1. The summed E-state index contributed by atoms with van der Waals surface area (Å²) in [6.45, 7) is 7.21. The van der Waals surface area contributed by atoms with Gasteiger partial charge in [0, 0.05) is 37.7 Å². The minimum atomic E-state index is 0.0520. The molecule has 2 heterocycles. The van der Waals surface area contributed by atoms with Gasteiger partial charge in [-0.3, -0.25) is 9.59 Å². The van der Waals surface area contributed by atoms with E-state index < -0.39 is 0 Å². The molecular weight excluding hydrogens is 366 g/mol. The first-order chi connectivity index (χ1) is 14.0. The average Bonchev–Trinajstić information content (AvgIpc) is 3.22. The highest BCUT2D eigenvalue weighted by Crippen LogP contribution is 2.41. The molecule has 2 aliphatic rings. The van der Waals surface area contributed by atoms with Crippen molar-refractivity contribution in [3.05, 3.63) is 42.5 Å². The van der Waals surface area contributed by atoms with Crippen molar-refractivity contribution in [2.75, 3.05) is 26.2 Å². The highest BCUT2D eigenvalue weighted by Gasteiger charge is 2.42. The number of rotatable bonds is 3. The molecule has 2 unspecified atom stereocenters. The number of aromatic nitrogens is 3. The molecule has 7 nitrogen and oxygen atoms in total. The van der Waals surface area contributed by atoms with Gasteiger partial charge in [-0.25, -0.2) is 9.67 Å². The third-order valence-corrected chi connectivity index (χ3v) is 6.36. The summed E-state index contributed by atoms with van der Waals surface area (Å²) in [6.07, 6.45) is 5.92. The lowest BCUT2D eigenvalue weighted by Crippen LogP contribution is -2.49. The van der Waals surface area contributed by atoms with E-state index in [4.69, 9.17) is 0 Å². The summed E-state index contributed by atoms with van der Waals surface area (Å²) in [5.41, 5.74) is 1.56. The fourth-order valence-corrected chi connectivity index (χ4v) is 4.78. The molecular formula is C22H29N5O2. The van der Waals surface area contributed by atoms with Gasteiger partial charge in [0.25, 0.3) is 5.91 Å². The molecule has 2 amide bonds. The third kappa shape index (κ3) is 4.04. The maximum absolute atomic E-state index is 12.9. The van der Waals surface area contributed by atoms with Crippen molar-refractivity contribution in [1.29, 1.82) is 0 Å². The standard InChI is InChI=1S/C22H29N5O2/c1-16-13-17(2)20(16)22(29)26-11-3-9-25(10-4-12-26)21(28)18-5-7-19(8-6-18)27-15-23-14-24-27/h5-8,14-17,20H,3-4,9-13H2,1-2H3. The van der Waals surface area contributed by atoms with E-state index in [1.165, 1.54) is 6.33 Å². The van der Waals surface area contributed by atoms with Gasteiger partial charge in [0.05, 0.1) is 5.69 Å². The van der Waals surface area contributed by atoms with Crippen LogP contribution in [0.5, 0.6) is 0 Å². The molecule has 7 heteroatoms. The maximum atomic E-state index is 12.9. The van der Waals surface area contributed by atoms with Crippen molar-refractivity contribution >= 4 is 11.8 Å². The highest BCUT2D eigenvalue weighted by atomic mass is 16.2. The normalized spacial score (nSPS) is 25.1. The number of nitrogens with zero attached hydrogens (tertiary/aromatic N) is 5. The Morgan fingerprint density at radius 2 is 1.55 bits per heavy atom. The Morgan fingerprint density at radius 1 is 0.931 bits per heavy atom. The summed E-state index contributed by atoms with van der Waals surface area (Å²) in [4.78, 5) is 33.7. The molecule has 4 rings (SSSR count). The zero-order valence-electron chi connectivity index (χ0n) is 17.2. The molecule has 1 aliphatic heterocycles. The van der Waals surface area contributed by atoms with Crippen molar-refractivity contribution in [3.63, 3.8) is 0 Å². The van der Waals surface area contributed by atoms with E-state index in [0.29, 0.717) is 36.4 Å². The molecule has 29 heavy (non-hydrogen) atoms. The minimum absolute atomic E-state index is 0.0520. The SMILES string of the molecule is CC1CC(C)C1C(=O)N1CCCN(C(=O)c2ccc(-n3cncn3)cc2)CCC1. The van der Waals surface area contributed by atoms with Gasteiger partial charge in [0.1, 0.15) is 12.7 Å². The first-order valence-electron chi connectivity index (χ1n) is 10.6. The Morgan fingerprint density at radius 3 is 2.10 bits per heavy atom. The Balaban J connectivity index is 1.34. The van der Waals surface area contributed by atoms with E-state index in [1.807, 2.05) is 34.1 Å². The number of carbonyl (C=O) groups is 2. The van der Waals surface area contributed by atoms with Gasteiger partial charge in [0.2, 0.25) is 5.91 Å². The van der Waals surface area contributed by atoms with Gasteiger partial charge in [-0.2, -0.15) is 5.10 Å². The van der Waals surface area contributed by atoms with Gasteiger partial charge in [0.15, 0.2) is 0 Å². The molecule has 1 aromatic heterocycles. The molecule has 1 aromatic carbocycles. The van der Waals surface area contributed by atoms with Crippen LogP contribution in [0.3, 0.4) is 0 Å². The van der Waals surface area contributed by atoms with Crippen LogP contribution in [0.25, 0.3) is 5.69 Å². The minimum Gasteiger partial charge on any atom is -0.342 e. The largest absolute Gasteiger partial charge is 0.342 e. The van der Waals surface area contributed by atoms with Crippen LogP contribution in [-0.2, 0) is 4.79 Å². The van der Waals surface area contributed by atoms with Crippen molar-refractivity contribution in [1.82, 2.24) is 24.6 Å². The van der Waals surface area contributed by atoms with Crippen LogP contribution in [0.15, 0.2) is 36.9 Å². The third-order valence-electron chi connectivity index (χ3n) is 6.36. The van der Waals surface area contributed by atoms with E-state index in [9.17, 15) is 9.59 Å². The highest BCUT2D eigenvalue weighted by molar-refractivity contribution is 5.94. The van der Waals surface area contributed by atoms with Gasteiger partial charge in [-0.15, -0.1) is 0 Å². The Bertz CT molecular complexity index is 831. The molecule has 2 atom stereocenters. The molecule has 0 bridgehead atoms. The summed E-state index contributed by atoms with van der Waals surface area (Å²) in [6, 6.07) is 7.45. The first-order valence-corrected chi connectivity index (χ1v) is 10.6. The van der Waals surface area contributed by atoms with Crippen LogP contribution in [0.2, 0.25) is 0 Å². The Labute approximate surface area is 171 Å². The van der Waals surface area contributed by atoms with Gasteiger partial charge in [-0.1, -0.05) is 13.8 Å². The molecule has 1 saturated heterocycles. The molecule has 1 aliphatic carbocycles. The molecule has 2 fully saturated rings. The van der Waals surface area contributed by atoms with Crippen molar-refractivity contribution < 1.29 is 9.59 Å². The Hall–Kier alpha value is -2.70. The summed E-state index contributed by atoms with van der Waals surface area (Å²) in [5.74, 6) is 1.56. The van der Waals surface area contributed by atoms with Gasteiger partial charge < -0.3 is 9.80 Å². The second-order valence-electron chi connectivity index (χ2n) is 8.43. The monoisotopic (exact) mass is 395 g/mol. The van der Waals surface area contributed by atoms with E-state index >= 15 is 0 Å². The lowest BCUT2D eigenvalue weighted by Gasteiger charge is -2.43. The number of hydrogen-bond donors (Lipinski definition) is 0. The number of hydrogen-bond acceptors (Lipinski definition) is 4. The predicted molar refractivity (Wildman–Crippen MR) is 110 cm³/mol. The summed E-state index contributed by atoms with van der Waals surface area (Å²) in [5, 5.41) is 4.10. The van der Waals surface area contributed by atoms with Crippen LogP contribution >= 0.6 is 0 Å². The summed E-state index contributed by atoms with van der Waals surface area (Å²) >= 11 is 0. The molecule has 2 aromatic rings. The van der Waals surface area contributed by atoms with E-state index in [0.717, 1.165) is 38.0 Å². The van der Waals surface area contributed by atoms with E-state index in [1.54, 1.807) is 11.0 Å². The quantitative estimate of drug-likeness (QED) is 0.801. The zero-order chi connectivity index (χ0) is 20.4. The average molecular weight is 396 g/mol. The smallest absolute Gasteiger partial charge is 0.253 e. The molecule has 0 N–H and O–H groups in total. The Kier molecular flexibility index (Phi) is 5.65. The fraction of sp³-hybridized carbons (Fsp3) is 0.545. The van der Waals surface area contributed by atoms with Crippen molar-refractivity contribution in [2.24, 2.45) is 17.8 Å². The topological polar surface area (TPSA) is 71.3 Å². The maximum Gasteiger partial charge on any atom is 0.253 e. The zero-order valence-corrected chi connectivity index (χ0v) is 17.2. The van der Waals surface area contributed by atoms with Crippen LogP contribution in [0.4, 0.5) is 0 Å². The van der Waals surface area contributed by atoms with Crippen LogP contribution < -0.4 is 0 Å². The second-order valence-corrected chi connectivity index (χ2v) is 8.43. The van der Waals surface area contributed by atoms with E-state index in [-0.39, 0.29) is 11.8 Å². The molecule has 0 spiro atoms. The van der Waals surface area contributed by atoms with Gasteiger partial charge in [-0.05, 0) is 55.4 Å². The summed E-state index contributed by atoms with van der Waals surface area (Å²) < 4.78 is 1.67. The predicted octanol–water partition coefficient (Wildman–Crippen LogP) is 2.62. The van der Waals surface area contributed by atoms with Crippen LogP contribution in [0, 0.1) is 17.8 Å². The van der Waals surface area contributed by atoms with Crippen molar-refractivity contribution in [3.8, 4) is 5.69 Å². The van der Waals surface area contributed by atoms with E-state index in [2.05, 4.69) is 23.9 Å². The van der Waals surface area contributed by atoms with Gasteiger partial charge >= 0.3 is 0 Å². The lowest BCUT2D eigenvalue weighted by molar-refractivity contribution is -0.144. The second kappa shape index (κ2) is 8.35. The lowest BCUT2D eigenvalue weighted by atomic mass is 9.66. The molecule has 0 radical (unpaired) electrons. The number of carbonyl (C=O) groups excluding carboxylic acids is 2. The molecule has 154 valence electrons. The van der Waals surface area contributed by atoms with Crippen molar-refractivity contribution in [2.45, 2.75) is 33.1 Å². The van der Waals surface area contributed by atoms with Crippen LogP contribution in [-0.4, -0.2) is 62.6 Å². The summed E-state index contributed by atoms with van der Waals surface area (Å²) in [7, 11) is 0. The molecule has 1 saturated carbocycles. The first kappa shape index (κ1) is 19.6.